The van der Waals surface area contributed by atoms with Crippen LogP contribution in [-0.2, 0) is 21.3 Å². The predicted molar refractivity (Wildman–Crippen MR) is 123 cm³/mol. The van der Waals surface area contributed by atoms with Crippen LogP contribution in [0.3, 0.4) is 0 Å². The Balaban J connectivity index is 1.46. The normalized spacial score (nSPS) is 12.4. The largest absolute Gasteiger partial charge is 0.374 e. The Labute approximate surface area is 187 Å². The van der Waals surface area contributed by atoms with Gasteiger partial charge in [0.05, 0.1) is 11.0 Å². The van der Waals surface area contributed by atoms with Gasteiger partial charge >= 0.3 is 0 Å². The molecule has 1 unspecified atom stereocenters. The maximum Gasteiger partial charge on any atom is 0.251 e. The minimum Gasteiger partial charge on any atom is -0.374 e. The van der Waals surface area contributed by atoms with Crippen molar-refractivity contribution in [3.8, 4) is 0 Å². The van der Waals surface area contributed by atoms with Crippen LogP contribution in [-0.4, -0.2) is 27.5 Å². The second-order valence-electron chi connectivity index (χ2n) is 6.96. The van der Waals surface area contributed by atoms with Gasteiger partial charge in [0.2, 0.25) is 10.0 Å². The summed E-state index contributed by atoms with van der Waals surface area (Å²) < 4.78 is 33.4. The lowest BCUT2D eigenvalue weighted by molar-refractivity contribution is 0.0635. The number of nitrogens with one attached hydrogen (secondary N) is 2. The van der Waals surface area contributed by atoms with Crippen LogP contribution in [0, 0.1) is 0 Å². The molecule has 0 aliphatic rings. The molecule has 6 nitrogen and oxygen atoms in total. The fourth-order valence-corrected chi connectivity index (χ4v) is 4.71. The van der Waals surface area contributed by atoms with E-state index in [9.17, 15) is 13.2 Å². The van der Waals surface area contributed by atoms with E-state index in [0.717, 1.165) is 10.4 Å². The van der Waals surface area contributed by atoms with Crippen LogP contribution < -0.4 is 10.0 Å². The Morgan fingerprint density at radius 3 is 2.61 bits per heavy atom. The molecule has 0 aliphatic carbocycles. The van der Waals surface area contributed by atoms with E-state index in [1.165, 1.54) is 23.5 Å². The fourth-order valence-electron chi connectivity index (χ4n) is 2.92. The van der Waals surface area contributed by atoms with E-state index in [4.69, 9.17) is 4.74 Å². The lowest BCUT2D eigenvalue weighted by atomic mass is 10.1. The molecule has 0 fully saturated rings. The molecular weight excluding hydrogens is 432 g/mol. The number of hydrogen-bond acceptors (Lipinski definition) is 5. The van der Waals surface area contributed by atoms with E-state index < -0.39 is 10.0 Å². The van der Waals surface area contributed by atoms with Crippen molar-refractivity contribution in [1.29, 1.82) is 0 Å². The van der Waals surface area contributed by atoms with Gasteiger partial charge in [0.25, 0.3) is 5.91 Å². The number of carbonyl (C=O) groups excluding carboxylic acids is 1. The third-order valence-corrected chi connectivity index (χ3v) is 6.94. The predicted octanol–water partition coefficient (Wildman–Crippen LogP) is 4.12. The average molecular weight is 459 g/mol. The molecule has 3 aromatic rings. The molecule has 2 N–H and O–H groups in total. The Kier molecular flexibility index (Phi) is 8.36. The smallest absolute Gasteiger partial charge is 0.251 e. The number of thiophene rings is 1. The van der Waals surface area contributed by atoms with Gasteiger partial charge in [-0.25, -0.2) is 13.1 Å². The maximum atomic E-state index is 12.5. The molecule has 2 aromatic carbocycles. The van der Waals surface area contributed by atoms with Crippen LogP contribution in [0.1, 0.15) is 40.2 Å². The summed E-state index contributed by atoms with van der Waals surface area (Å²) in [5, 5.41) is 4.70. The minimum absolute atomic E-state index is 0.0135. The molecule has 31 heavy (non-hydrogen) atoms. The second-order valence-corrected chi connectivity index (χ2v) is 9.76. The van der Waals surface area contributed by atoms with Gasteiger partial charge in [-0.05, 0) is 48.6 Å². The SMILES string of the molecule is CC(OCCCNC(=O)c1cccc(S(=O)(=O)NCc2cccs2)c1)c1ccccc1. The molecule has 0 bridgehead atoms. The fraction of sp³-hybridized carbons (Fsp3) is 0.261. The third kappa shape index (κ3) is 7.00. The first-order chi connectivity index (χ1) is 15.0. The third-order valence-electron chi connectivity index (χ3n) is 4.67. The van der Waals surface area contributed by atoms with E-state index in [1.807, 2.05) is 54.8 Å². The zero-order chi connectivity index (χ0) is 22.1. The first kappa shape index (κ1) is 23.1. The molecule has 1 aromatic heterocycles. The summed E-state index contributed by atoms with van der Waals surface area (Å²) in [4.78, 5) is 13.4. The zero-order valence-corrected chi connectivity index (χ0v) is 18.9. The Morgan fingerprint density at radius 1 is 1.06 bits per heavy atom. The zero-order valence-electron chi connectivity index (χ0n) is 17.3. The lowest BCUT2D eigenvalue weighted by Gasteiger charge is -2.13. The number of ether oxygens (including phenoxy) is 1. The Hall–Kier alpha value is -2.52. The van der Waals surface area contributed by atoms with Crippen LogP contribution in [0.2, 0.25) is 0 Å². The highest BCUT2D eigenvalue weighted by Gasteiger charge is 2.16. The van der Waals surface area contributed by atoms with Crippen LogP contribution in [0.5, 0.6) is 0 Å². The molecule has 0 saturated heterocycles. The number of rotatable bonds is 11. The molecular formula is C23H26N2O4S2. The summed E-state index contributed by atoms with van der Waals surface area (Å²) in [6.07, 6.45) is 0.643. The summed E-state index contributed by atoms with van der Waals surface area (Å²) in [7, 11) is -3.70. The molecule has 8 heteroatoms. The first-order valence-corrected chi connectivity index (χ1v) is 12.4. The van der Waals surface area contributed by atoms with Gasteiger partial charge in [-0.3, -0.25) is 4.79 Å². The van der Waals surface area contributed by atoms with Crippen molar-refractivity contribution in [3.63, 3.8) is 0 Å². The van der Waals surface area contributed by atoms with Crippen molar-refractivity contribution in [3.05, 3.63) is 88.1 Å². The van der Waals surface area contributed by atoms with Crippen molar-refractivity contribution in [1.82, 2.24) is 10.0 Å². The van der Waals surface area contributed by atoms with Gasteiger partial charge in [0.1, 0.15) is 0 Å². The molecule has 0 saturated carbocycles. The number of sulfonamides is 1. The van der Waals surface area contributed by atoms with E-state index in [2.05, 4.69) is 10.0 Å². The molecule has 1 heterocycles. The average Bonchev–Trinajstić information content (AvgIpc) is 3.32. The van der Waals surface area contributed by atoms with Crippen LogP contribution in [0.4, 0.5) is 0 Å². The summed E-state index contributed by atoms with van der Waals surface area (Å²) in [6, 6.07) is 19.7. The van der Waals surface area contributed by atoms with Crippen molar-refractivity contribution in [2.24, 2.45) is 0 Å². The summed E-state index contributed by atoms with van der Waals surface area (Å²) in [6.45, 7) is 3.16. The second kappa shape index (κ2) is 11.2. The standard InChI is InChI=1S/C23H26N2O4S2/c1-18(19-8-3-2-4-9-19)29-14-7-13-24-23(26)20-10-5-12-22(16-20)31(27,28)25-17-21-11-6-15-30-21/h2-6,8-12,15-16,18,25H,7,13-14,17H2,1H3,(H,24,26). The van der Waals surface area contributed by atoms with Crippen molar-refractivity contribution >= 4 is 27.3 Å². The van der Waals surface area contributed by atoms with E-state index in [-0.39, 0.29) is 23.5 Å². The minimum atomic E-state index is -3.70. The highest BCUT2D eigenvalue weighted by molar-refractivity contribution is 7.89. The Morgan fingerprint density at radius 2 is 1.87 bits per heavy atom. The van der Waals surface area contributed by atoms with E-state index >= 15 is 0 Å². The van der Waals surface area contributed by atoms with Gasteiger partial charge in [-0.2, -0.15) is 0 Å². The molecule has 1 atom stereocenters. The quantitative estimate of drug-likeness (QED) is 0.423. The number of hydrogen-bond donors (Lipinski definition) is 2. The van der Waals surface area contributed by atoms with E-state index in [0.29, 0.717) is 25.1 Å². The number of carbonyl (C=O) groups is 1. The highest BCUT2D eigenvalue weighted by atomic mass is 32.2. The van der Waals surface area contributed by atoms with Gasteiger partial charge in [-0.15, -0.1) is 11.3 Å². The highest BCUT2D eigenvalue weighted by Crippen LogP contribution is 2.16. The summed E-state index contributed by atoms with van der Waals surface area (Å²) in [5.41, 5.74) is 1.41. The van der Waals surface area contributed by atoms with Crippen LogP contribution in [0.15, 0.2) is 77.0 Å². The monoisotopic (exact) mass is 458 g/mol. The molecule has 0 aliphatic heterocycles. The van der Waals surface area contributed by atoms with Gasteiger partial charge in [-0.1, -0.05) is 42.5 Å². The molecule has 164 valence electrons. The topological polar surface area (TPSA) is 84.5 Å². The molecule has 0 radical (unpaired) electrons. The first-order valence-electron chi connectivity index (χ1n) is 10.0. The number of benzene rings is 2. The summed E-state index contributed by atoms with van der Waals surface area (Å²) in [5.74, 6) is -0.314. The van der Waals surface area contributed by atoms with Crippen molar-refractivity contribution < 1.29 is 17.9 Å². The van der Waals surface area contributed by atoms with Crippen LogP contribution >= 0.6 is 11.3 Å². The van der Waals surface area contributed by atoms with Gasteiger partial charge < -0.3 is 10.1 Å². The maximum absolute atomic E-state index is 12.5. The van der Waals surface area contributed by atoms with Crippen LogP contribution in [0.25, 0.3) is 0 Å². The molecule has 1 amide bonds. The van der Waals surface area contributed by atoms with E-state index in [1.54, 1.807) is 12.1 Å². The van der Waals surface area contributed by atoms with Crippen molar-refractivity contribution in [2.75, 3.05) is 13.2 Å². The van der Waals surface area contributed by atoms with Crippen molar-refractivity contribution in [2.45, 2.75) is 30.9 Å². The summed E-state index contributed by atoms with van der Waals surface area (Å²) >= 11 is 1.48. The number of amides is 1. The lowest BCUT2D eigenvalue weighted by Crippen LogP contribution is -2.26. The molecule has 3 rings (SSSR count). The van der Waals surface area contributed by atoms with Gasteiger partial charge in [0, 0.05) is 30.1 Å². The van der Waals surface area contributed by atoms with Gasteiger partial charge in [0.15, 0.2) is 0 Å². The molecule has 0 spiro atoms. The Bertz CT molecular complexity index is 1070.